The van der Waals surface area contributed by atoms with E-state index in [-0.39, 0.29) is 11.9 Å². The Kier molecular flexibility index (Phi) is 4.88. The second-order valence-electron chi connectivity index (χ2n) is 8.22. The van der Waals surface area contributed by atoms with Crippen LogP contribution < -0.4 is 10.2 Å². The Bertz CT molecular complexity index is 1130. The number of hydrogen-bond acceptors (Lipinski definition) is 7. The lowest BCUT2D eigenvalue weighted by molar-refractivity contribution is -0.114. The third kappa shape index (κ3) is 3.24. The summed E-state index contributed by atoms with van der Waals surface area (Å²) in [6.07, 6.45) is 10.8. The fourth-order valence-corrected chi connectivity index (χ4v) is 4.88. The summed E-state index contributed by atoms with van der Waals surface area (Å²) < 4.78 is 2.08. The van der Waals surface area contributed by atoms with Crippen molar-refractivity contribution in [2.45, 2.75) is 65.0 Å². The van der Waals surface area contributed by atoms with E-state index in [2.05, 4.69) is 41.9 Å². The van der Waals surface area contributed by atoms with Crippen LogP contribution in [0.25, 0.3) is 17.1 Å². The van der Waals surface area contributed by atoms with Gasteiger partial charge >= 0.3 is 0 Å². The summed E-state index contributed by atoms with van der Waals surface area (Å²) in [5.74, 6) is 3.11. The van der Waals surface area contributed by atoms with Gasteiger partial charge in [0.25, 0.3) is 0 Å². The Hall–Kier alpha value is -3.36. The molecule has 0 spiro atoms. The zero-order valence-electron chi connectivity index (χ0n) is 18.0. The number of fused-ring (bicyclic) bond motifs is 3. The topological polar surface area (TPSA) is 102 Å². The molecule has 1 fully saturated rings. The Morgan fingerprint density at radius 3 is 2.77 bits per heavy atom. The minimum absolute atomic E-state index is 0.117. The normalized spacial score (nSPS) is 18.0. The molecule has 1 aliphatic heterocycles. The van der Waals surface area contributed by atoms with Crippen LogP contribution in [0.5, 0.6) is 0 Å². The quantitative estimate of drug-likeness (QED) is 0.691. The van der Waals surface area contributed by atoms with Crippen LogP contribution >= 0.6 is 0 Å². The van der Waals surface area contributed by atoms with Crippen LogP contribution in [0.15, 0.2) is 24.7 Å². The number of anilines is 2. The second-order valence-corrected chi connectivity index (χ2v) is 8.22. The van der Waals surface area contributed by atoms with E-state index in [4.69, 9.17) is 4.98 Å². The SMILES string of the molecule is CCC1c2nnc(C)n2-c2cnc(-c3ccncc3NC(C)=O)nc2N1C1CCCC1. The summed E-state index contributed by atoms with van der Waals surface area (Å²) in [5, 5.41) is 11.7. The van der Waals surface area contributed by atoms with Gasteiger partial charge in [-0.1, -0.05) is 19.8 Å². The van der Waals surface area contributed by atoms with Crippen molar-refractivity contribution in [1.29, 1.82) is 0 Å². The number of rotatable bonds is 4. The minimum atomic E-state index is -0.157. The first-order valence-electron chi connectivity index (χ1n) is 10.9. The number of carbonyl (C=O) groups excluding carboxylic acids is 1. The molecule has 2 aliphatic rings. The van der Waals surface area contributed by atoms with E-state index in [1.54, 1.807) is 12.4 Å². The summed E-state index contributed by atoms with van der Waals surface area (Å²) in [6, 6.07) is 2.37. The van der Waals surface area contributed by atoms with Gasteiger partial charge < -0.3 is 10.2 Å². The highest BCUT2D eigenvalue weighted by Gasteiger charge is 2.39. The first-order chi connectivity index (χ1) is 15.1. The van der Waals surface area contributed by atoms with Crippen LogP contribution in [0.2, 0.25) is 0 Å². The molecule has 160 valence electrons. The largest absolute Gasteiger partial charge is 0.342 e. The minimum Gasteiger partial charge on any atom is -0.342 e. The fourth-order valence-electron chi connectivity index (χ4n) is 4.88. The standard InChI is InChI=1S/C22H26N8O/c1-4-18-22-28-27-13(2)29(22)19-12-24-20(16-9-10-23-11-17(16)25-14(3)31)26-21(19)30(18)15-7-5-6-8-15/h9-12,15,18H,4-8H2,1-3H3,(H,25,31). The number of nitrogens with zero attached hydrogens (tertiary/aromatic N) is 7. The second kappa shape index (κ2) is 7.72. The first-order valence-corrected chi connectivity index (χ1v) is 10.9. The smallest absolute Gasteiger partial charge is 0.221 e. The van der Waals surface area contributed by atoms with Crippen molar-refractivity contribution in [1.82, 2.24) is 29.7 Å². The van der Waals surface area contributed by atoms with Gasteiger partial charge in [-0.15, -0.1) is 10.2 Å². The Morgan fingerprint density at radius 1 is 1.23 bits per heavy atom. The van der Waals surface area contributed by atoms with Gasteiger partial charge in [0.1, 0.15) is 11.5 Å². The maximum atomic E-state index is 11.7. The predicted molar refractivity (Wildman–Crippen MR) is 117 cm³/mol. The van der Waals surface area contributed by atoms with Crippen molar-refractivity contribution in [3.05, 3.63) is 36.3 Å². The average Bonchev–Trinajstić information content (AvgIpc) is 3.42. The molecule has 0 saturated heterocycles. The molecule has 1 aliphatic carbocycles. The molecule has 1 amide bonds. The van der Waals surface area contributed by atoms with Gasteiger partial charge in [0.2, 0.25) is 5.91 Å². The van der Waals surface area contributed by atoms with Crippen LogP contribution in [0, 0.1) is 6.92 Å². The van der Waals surface area contributed by atoms with E-state index in [0.29, 0.717) is 17.6 Å². The highest BCUT2D eigenvalue weighted by molar-refractivity contribution is 5.93. The number of nitrogens with one attached hydrogen (secondary N) is 1. The number of aryl methyl sites for hydroxylation is 1. The van der Waals surface area contributed by atoms with E-state index in [0.717, 1.165) is 48.0 Å². The van der Waals surface area contributed by atoms with E-state index < -0.39 is 0 Å². The number of carbonyl (C=O) groups is 1. The Morgan fingerprint density at radius 2 is 2.03 bits per heavy atom. The highest BCUT2D eigenvalue weighted by Crippen LogP contribution is 2.43. The predicted octanol–water partition coefficient (Wildman–Crippen LogP) is 3.60. The molecule has 0 radical (unpaired) electrons. The van der Waals surface area contributed by atoms with Gasteiger partial charge in [0.05, 0.1) is 24.1 Å². The molecule has 9 heteroatoms. The zero-order valence-corrected chi connectivity index (χ0v) is 18.0. The van der Waals surface area contributed by atoms with Gasteiger partial charge in [0.15, 0.2) is 17.5 Å². The molecular formula is C22H26N8O. The third-order valence-corrected chi connectivity index (χ3v) is 6.20. The molecule has 1 atom stereocenters. The van der Waals surface area contributed by atoms with Crippen molar-refractivity contribution in [2.24, 2.45) is 0 Å². The summed E-state index contributed by atoms with van der Waals surface area (Å²) in [7, 11) is 0. The molecule has 1 N–H and O–H groups in total. The van der Waals surface area contributed by atoms with Gasteiger partial charge in [-0.05, 0) is 32.3 Å². The van der Waals surface area contributed by atoms with Gasteiger partial charge in [0, 0.05) is 24.7 Å². The lowest BCUT2D eigenvalue weighted by atomic mass is 10.0. The third-order valence-electron chi connectivity index (χ3n) is 6.20. The molecule has 31 heavy (non-hydrogen) atoms. The van der Waals surface area contributed by atoms with Crippen molar-refractivity contribution in [3.8, 4) is 17.1 Å². The maximum absolute atomic E-state index is 11.7. The summed E-state index contributed by atoms with van der Waals surface area (Å²) in [5.41, 5.74) is 2.26. The molecule has 5 rings (SSSR count). The van der Waals surface area contributed by atoms with Crippen molar-refractivity contribution < 1.29 is 4.79 Å². The number of pyridine rings is 1. The monoisotopic (exact) mass is 418 g/mol. The number of aromatic nitrogens is 6. The van der Waals surface area contributed by atoms with Gasteiger partial charge in [-0.25, -0.2) is 9.97 Å². The van der Waals surface area contributed by atoms with Crippen LogP contribution in [-0.2, 0) is 4.79 Å². The van der Waals surface area contributed by atoms with Crippen molar-refractivity contribution in [3.63, 3.8) is 0 Å². The lowest BCUT2D eigenvalue weighted by Crippen LogP contribution is -2.42. The average molecular weight is 419 g/mol. The molecule has 0 bridgehead atoms. The van der Waals surface area contributed by atoms with Crippen LogP contribution in [-0.4, -0.2) is 41.7 Å². The lowest BCUT2D eigenvalue weighted by Gasteiger charge is -2.41. The van der Waals surface area contributed by atoms with E-state index in [1.165, 1.54) is 19.8 Å². The molecule has 0 aromatic carbocycles. The summed E-state index contributed by atoms with van der Waals surface area (Å²) in [4.78, 5) is 28.0. The van der Waals surface area contributed by atoms with E-state index in [9.17, 15) is 4.79 Å². The van der Waals surface area contributed by atoms with Crippen LogP contribution in [0.3, 0.4) is 0 Å². The molecule has 4 heterocycles. The van der Waals surface area contributed by atoms with Gasteiger partial charge in [-0.3, -0.25) is 14.3 Å². The van der Waals surface area contributed by atoms with E-state index >= 15 is 0 Å². The Balaban J connectivity index is 1.69. The van der Waals surface area contributed by atoms with Crippen LogP contribution in [0.1, 0.15) is 63.6 Å². The number of amides is 1. The fraction of sp³-hybridized carbons (Fsp3) is 0.455. The highest BCUT2D eigenvalue weighted by atomic mass is 16.1. The van der Waals surface area contributed by atoms with Crippen molar-refractivity contribution in [2.75, 3.05) is 10.2 Å². The van der Waals surface area contributed by atoms with Crippen molar-refractivity contribution >= 4 is 17.4 Å². The maximum Gasteiger partial charge on any atom is 0.221 e. The number of hydrogen-bond donors (Lipinski definition) is 1. The molecular weight excluding hydrogens is 392 g/mol. The summed E-state index contributed by atoms with van der Waals surface area (Å²) in [6.45, 7) is 5.63. The zero-order chi connectivity index (χ0) is 21.5. The van der Waals surface area contributed by atoms with Gasteiger partial charge in [-0.2, -0.15) is 0 Å². The molecule has 3 aromatic rings. The molecule has 1 unspecified atom stereocenters. The summed E-state index contributed by atoms with van der Waals surface area (Å²) >= 11 is 0. The first kappa shape index (κ1) is 19.6. The van der Waals surface area contributed by atoms with Crippen LogP contribution in [0.4, 0.5) is 11.5 Å². The van der Waals surface area contributed by atoms with E-state index in [1.807, 2.05) is 19.2 Å². The molecule has 3 aromatic heterocycles. The Labute approximate surface area is 181 Å². The molecule has 1 saturated carbocycles. The molecule has 9 nitrogen and oxygen atoms in total.